The predicted octanol–water partition coefficient (Wildman–Crippen LogP) is 5.03. The van der Waals surface area contributed by atoms with E-state index in [-0.39, 0.29) is 5.91 Å². The van der Waals surface area contributed by atoms with Crippen LogP contribution in [0.5, 0.6) is 5.75 Å². The van der Waals surface area contributed by atoms with Crippen molar-refractivity contribution in [2.45, 2.75) is 26.2 Å². The quantitative estimate of drug-likeness (QED) is 0.599. The Morgan fingerprint density at radius 1 is 1.25 bits per heavy atom. The smallest absolute Gasteiger partial charge is 0.259 e. The van der Waals surface area contributed by atoms with Crippen molar-refractivity contribution >= 4 is 34.1 Å². The highest BCUT2D eigenvalue weighted by molar-refractivity contribution is 7.16. The second kappa shape index (κ2) is 8.35. The first-order chi connectivity index (χ1) is 13.8. The van der Waals surface area contributed by atoms with Gasteiger partial charge in [0.15, 0.2) is 0 Å². The van der Waals surface area contributed by atoms with E-state index in [2.05, 4.69) is 15.3 Å². The third-order valence-corrected chi connectivity index (χ3v) is 5.77. The van der Waals surface area contributed by atoms with Crippen LogP contribution in [0.15, 0.2) is 53.7 Å². The number of amides is 1. The Morgan fingerprint density at radius 3 is 2.93 bits per heavy atom. The van der Waals surface area contributed by atoms with Gasteiger partial charge in [0.25, 0.3) is 5.91 Å². The van der Waals surface area contributed by atoms with Crippen LogP contribution in [-0.4, -0.2) is 23.7 Å². The molecule has 0 radical (unpaired) electrons. The molecule has 0 aliphatic heterocycles. The zero-order valence-electron chi connectivity index (χ0n) is 15.6. The fraction of sp³-hybridized carbons (Fsp3) is 0.227. The Kier molecular flexibility index (Phi) is 5.48. The van der Waals surface area contributed by atoms with Gasteiger partial charge in [0.1, 0.15) is 10.8 Å². The number of benzene rings is 1. The third-order valence-electron chi connectivity index (χ3n) is 4.57. The lowest BCUT2D eigenvalue weighted by Gasteiger charge is -2.11. The van der Waals surface area contributed by atoms with Gasteiger partial charge in [-0.05, 0) is 56.0 Å². The molecule has 142 valence electrons. The van der Waals surface area contributed by atoms with Gasteiger partial charge in [-0.15, -0.1) is 11.3 Å². The number of carbonyl (C=O) groups is 1. The molecular formula is C22H21N3O2S. The first-order valence-corrected chi connectivity index (χ1v) is 10.2. The molecule has 6 heteroatoms. The molecule has 28 heavy (non-hydrogen) atoms. The fourth-order valence-electron chi connectivity index (χ4n) is 3.33. The highest BCUT2D eigenvalue weighted by Crippen LogP contribution is 2.41. The van der Waals surface area contributed by atoms with E-state index in [1.54, 1.807) is 23.7 Å². The zero-order chi connectivity index (χ0) is 19.3. The highest BCUT2D eigenvalue weighted by Gasteiger charge is 2.26. The average molecular weight is 391 g/mol. The minimum Gasteiger partial charge on any atom is -0.492 e. The standard InChI is InChI=1S/C22H21N3O2S/c1-2-27-18-11-4-3-10-17(18)25-21(26)20-16-9-7-12-19(16)28-22(20)24-14-15-8-5-6-13-23-15/h3-6,8,10-11,13-14H,2,7,9,12H2,1H3,(H,25,26). The van der Waals surface area contributed by atoms with Crippen LogP contribution in [0.4, 0.5) is 10.7 Å². The van der Waals surface area contributed by atoms with Crippen LogP contribution in [-0.2, 0) is 12.8 Å². The molecule has 3 aromatic rings. The summed E-state index contributed by atoms with van der Waals surface area (Å²) in [5.41, 5.74) is 3.25. The summed E-state index contributed by atoms with van der Waals surface area (Å²) in [4.78, 5) is 23.3. The maximum absolute atomic E-state index is 13.2. The fourth-order valence-corrected chi connectivity index (χ4v) is 4.56. The molecule has 0 saturated heterocycles. The molecule has 0 fully saturated rings. The number of nitrogens with one attached hydrogen (secondary N) is 1. The number of carbonyl (C=O) groups excluding carboxylic acids is 1. The number of rotatable bonds is 6. The summed E-state index contributed by atoms with van der Waals surface area (Å²) in [5.74, 6) is 0.531. The molecule has 2 heterocycles. The molecule has 0 saturated carbocycles. The minimum atomic E-state index is -0.139. The molecule has 0 bridgehead atoms. The zero-order valence-corrected chi connectivity index (χ0v) is 16.5. The summed E-state index contributed by atoms with van der Waals surface area (Å²) in [6, 6.07) is 13.2. The predicted molar refractivity (Wildman–Crippen MR) is 113 cm³/mol. The van der Waals surface area contributed by atoms with Crippen molar-refractivity contribution < 1.29 is 9.53 Å². The van der Waals surface area contributed by atoms with Crippen molar-refractivity contribution in [3.05, 3.63) is 70.4 Å². The van der Waals surface area contributed by atoms with E-state index in [9.17, 15) is 4.79 Å². The molecule has 1 N–H and O–H groups in total. The Labute approximate surface area is 168 Å². The molecule has 4 rings (SSSR count). The minimum absolute atomic E-state index is 0.139. The summed E-state index contributed by atoms with van der Waals surface area (Å²) < 4.78 is 5.63. The molecule has 1 amide bonds. The molecule has 0 unspecified atom stereocenters. The normalized spacial score (nSPS) is 12.9. The van der Waals surface area contributed by atoms with E-state index in [0.717, 1.165) is 35.5 Å². The molecule has 0 spiro atoms. The number of pyridine rings is 1. The van der Waals surface area contributed by atoms with Gasteiger partial charge in [-0.25, -0.2) is 4.99 Å². The third kappa shape index (κ3) is 3.82. The number of anilines is 1. The van der Waals surface area contributed by atoms with Crippen molar-refractivity contribution in [2.24, 2.45) is 4.99 Å². The largest absolute Gasteiger partial charge is 0.492 e. The summed E-state index contributed by atoms with van der Waals surface area (Å²) in [7, 11) is 0. The van der Waals surface area contributed by atoms with Crippen LogP contribution in [0.2, 0.25) is 0 Å². The summed E-state index contributed by atoms with van der Waals surface area (Å²) in [6.07, 6.45) is 6.46. The Balaban J connectivity index is 1.65. The Morgan fingerprint density at radius 2 is 2.11 bits per heavy atom. The van der Waals surface area contributed by atoms with Gasteiger partial charge in [0.2, 0.25) is 0 Å². The number of thiophene rings is 1. The van der Waals surface area contributed by atoms with Crippen molar-refractivity contribution in [3.63, 3.8) is 0 Å². The number of hydrogen-bond acceptors (Lipinski definition) is 5. The molecule has 1 aliphatic carbocycles. The van der Waals surface area contributed by atoms with Crippen LogP contribution in [0, 0.1) is 0 Å². The number of para-hydroxylation sites is 2. The van der Waals surface area contributed by atoms with Crippen LogP contribution in [0.3, 0.4) is 0 Å². The van der Waals surface area contributed by atoms with Crippen LogP contribution in [0.25, 0.3) is 0 Å². The lowest BCUT2D eigenvalue weighted by atomic mass is 10.1. The average Bonchev–Trinajstić information content (AvgIpc) is 3.29. The second-order valence-corrected chi connectivity index (χ2v) is 7.52. The molecule has 5 nitrogen and oxygen atoms in total. The summed E-state index contributed by atoms with van der Waals surface area (Å²) in [5, 5.41) is 3.76. The SMILES string of the molecule is CCOc1ccccc1NC(=O)c1c(N=Cc2ccccn2)sc2c1CCC2. The molecule has 1 aromatic carbocycles. The van der Waals surface area contributed by atoms with E-state index in [1.807, 2.05) is 49.4 Å². The van der Waals surface area contributed by atoms with Gasteiger partial charge >= 0.3 is 0 Å². The van der Waals surface area contributed by atoms with Crippen molar-refractivity contribution in [1.29, 1.82) is 0 Å². The van der Waals surface area contributed by atoms with E-state index in [0.29, 0.717) is 23.6 Å². The first kappa shape index (κ1) is 18.4. The van der Waals surface area contributed by atoms with E-state index in [1.165, 1.54) is 4.88 Å². The number of ether oxygens (including phenoxy) is 1. The van der Waals surface area contributed by atoms with Gasteiger partial charge in [0.05, 0.1) is 29.8 Å². The lowest BCUT2D eigenvalue weighted by Crippen LogP contribution is -2.14. The second-order valence-electron chi connectivity index (χ2n) is 6.43. The number of fused-ring (bicyclic) bond motifs is 1. The Bertz CT molecular complexity index is 1010. The van der Waals surface area contributed by atoms with Gasteiger partial charge in [0, 0.05) is 11.1 Å². The van der Waals surface area contributed by atoms with E-state index in [4.69, 9.17) is 4.74 Å². The van der Waals surface area contributed by atoms with E-state index >= 15 is 0 Å². The maximum atomic E-state index is 13.2. The topological polar surface area (TPSA) is 63.6 Å². The van der Waals surface area contributed by atoms with Crippen LogP contribution >= 0.6 is 11.3 Å². The molecular weight excluding hydrogens is 370 g/mol. The Hall–Kier alpha value is -2.99. The monoisotopic (exact) mass is 391 g/mol. The van der Waals surface area contributed by atoms with Gasteiger partial charge in [-0.3, -0.25) is 9.78 Å². The van der Waals surface area contributed by atoms with Gasteiger partial charge < -0.3 is 10.1 Å². The molecule has 0 atom stereocenters. The molecule has 1 aliphatic rings. The number of aliphatic imine (C=N–C) groups is 1. The van der Waals surface area contributed by atoms with Gasteiger partial charge in [-0.1, -0.05) is 18.2 Å². The maximum Gasteiger partial charge on any atom is 0.259 e. The summed E-state index contributed by atoms with van der Waals surface area (Å²) in [6.45, 7) is 2.47. The molecule has 2 aromatic heterocycles. The van der Waals surface area contributed by atoms with Crippen molar-refractivity contribution in [2.75, 3.05) is 11.9 Å². The number of aromatic nitrogens is 1. The highest BCUT2D eigenvalue weighted by atomic mass is 32.1. The number of hydrogen-bond donors (Lipinski definition) is 1. The lowest BCUT2D eigenvalue weighted by molar-refractivity contribution is 0.102. The van der Waals surface area contributed by atoms with E-state index < -0.39 is 0 Å². The van der Waals surface area contributed by atoms with Crippen molar-refractivity contribution in [1.82, 2.24) is 4.98 Å². The summed E-state index contributed by atoms with van der Waals surface area (Å²) >= 11 is 1.60. The van der Waals surface area contributed by atoms with Crippen LogP contribution in [0.1, 0.15) is 39.8 Å². The van der Waals surface area contributed by atoms with Crippen LogP contribution < -0.4 is 10.1 Å². The first-order valence-electron chi connectivity index (χ1n) is 9.39. The van der Waals surface area contributed by atoms with Crippen molar-refractivity contribution in [3.8, 4) is 5.75 Å². The number of nitrogens with zero attached hydrogens (tertiary/aromatic N) is 2. The van der Waals surface area contributed by atoms with Gasteiger partial charge in [-0.2, -0.15) is 0 Å². The number of aryl methyl sites for hydroxylation is 1.